The quantitative estimate of drug-likeness (QED) is 0.546. The lowest BCUT2D eigenvalue weighted by atomic mass is 10.1. The minimum atomic E-state index is -0.266. The first-order valence-electron chi connectivity index (χ1n) is 6.06. The van der Waals surface area contributed by atoms with Crippen LogP contribution < -0.4 is 5.32 Å². The van der Waals surface area contributed by atoms with Crippen LogP contribution in [-0.2, 0) is 15.9 Å². The second kappa shape index (κ2) is 9.66. The van der Waals surface area contributed by atoms with E-state index in [1.807, 2.05) is 0 Å². The number of nitrogens with one attached hydrogen (secondary N) is 1. The Balaban J connectivity index is 2.17. The van der Waals surface area contributed by atoms with Crippen LogP contribution >= 0.6 is 27.5 Å². The number of rotatable bonds is 9. The number of hydrogen-bond donors (Lipinski definition) is 1. The molecule has 0 aliphatic rings. The summed E-state index contributed by atoms with van der Waals surface area (Å²) in [5.74, 6) is -0.266. The number of methoxy groups -OCH3 is 1. The molecule has 0 fully saturated rings. The van der Waals surface area contributed by atoms with Crippen molar-refractivity contribution in [1.82, 2.24) is 5.32 Å². The summed E-state index contributed by atoms with van der Waals surface area (Å²) in [5, 5.41) is 3.67. The largest absolute Gasteiger partial charge is 0.383 e. The Hall–Kier alpha value is -0.200. The minimum Gasteiger partial charge on any atom is -0.383 e. The highest BCUT2D eigenvalue weighted by molar-refractivity contribution is 9.10. The van der Waals surface area contributed by atoms with E-state index in [0.29, 0.717) is 41.3 Å². The van der Waals surface area contributed by atoms with Gasteiger partial charge in [-0.2, -0.15) is 0 Å². The zero-order chi connectivity index (χ0) is 14.1. The van der Waals surface area contributed by atoms with Crippen molar-refractivity contribution >= 4 is 27.5 Å². The third-order valence-electron chi connectivity index (χ3n) is 2.51. The molecule has 0 amide bonds. The highest BCUT2D eigenvalue weighted by Crippen LogP contribution is 2.25. The molecule has 19 heavy (non-hydrogen) atoms. The summed E-state index contributed by atoms with van der Waals surface area (Å²) in [7, 11) is 1.66. The Morgan fingerprint density at radius 3 is 2.74 bits per heavy atom. The lowest BCUT2D eigenvalue weighted by Gasteiger charge is -2.07. The van der Waals surface area contributed by atoms with Crippen LogP contribution in [0.3, 0.4) is 0 Å². The fourth-order valence-electron chi connectivity index (χ4n) is 1.48. The average Bonchev–Trinajstić information content (AvgIpc) is 2.38. The first-order valence-corrected chi connectivity index (χ1v) is 7.23. The number of halogens is 3. The highest BCUT2D eigenvalue weighted by Gasteiger charge is 2.06. The SMILES string of the molecule is COCCNCCOCCc1cc(Cl)c(Br)cc1F. The zero-order valence-electron chi connectivity index (χ0n) is 10.8. The van der Waals surface area contributed by atoms with Gasteiger partial charge in [-0.1, -0.05) is 11.6 Å². The zero-order valence-corrected chi connectivity index (χ0v) is 13.2. The average molecular weight is 355 g/mol. The van der Waals surface area contributed by atoms with Crippen LogP contribution in [0.25, 0.3) is 0 Å². The molecule has 1 rings (SSSR count). The number of hydrogen-bond acceptors (Lipinski definition) is 3. The van der Waals surface area contributed by atoms with E-state index in [1.165, 1.54) is 6.07 Å². The summed E-state index contributed by atoms with van der Waals surface area (Å²) in [5.41, 5.74) is 0.570. The maximum absolute atomic E-state index is 13.6. The first-order chi connectivity index (χ1) is 9.15. The smallest absolute Gasteiger partial charge is 0.127 e. The molecule has 0 saturated carbocycles. The molecule has 3 nitrogen and oxygen atoms in total. The second-order valence-electron chi connectivity index (χ2n) is 3.96. The van der Waals surface area contributed by atoms with Crippen LogP contribution in [0.2, 0.25) is 5.02 Å². The molecule has 0 heterocycles. The molecule has 0 unspecified atom stereocenters. The third-order valence-corrected chi connectivity index (χ3v) is 3.71. The fraction of sp³-hybridized carbons (Fsp3) is 0.538. The second-order valence-corrected chi connectivity index (χ2v) is 5.22. The monoisotopic (exact) mass is 353 g/mol. The number of benzene rings is 1. The van der Waals surface area contributed by atoms with E-state index in [1.54, 1.807) is 13.2 Å². The molecule has 6 heteroatoms. The van der Waals surface area contributed by atoms with Crippen molar-refractivity contribution in [2.45, 2.75) is 6.42 Å². The van der Waals surface area contributed by atoms with Crippen LogP contribution in [0, 0.1) is 5.82 Å². The molecule has 1 N–H and O–H groups in total. The van der Waals surface area contributed by atoms with Crippen LogP contribution in [-0.4, -0.2) is 40.0 Å². The minimum absolute atomic E-state index is 0.266. The molecule has 0 saturated heterocycles. The van der Waals surface area contributed by atoms with Gasteiger partial charge in [-0.05, 0) is 40.0 Å². The molecular formula is C13H18BrClFNO2. The van der Waals surface area contributed by atoms with Gasteiger partial charge >= 0.3 is 0 Å². The molecule has 0 aliphatic heterocycles. The Morgan fingerprint density at radius 1 is 1.26 bits per heavy atom. The molecule has 0 spiro atoms. The van der Waals surface area contributed by atoms with E-state index in [-0.39, 0.29) is 5.82 Å². The molecule has 1 aromatic carbocycles. The van der Waals surface area contributed by atoms with Crippen LogP contribution in [0.4, 0.5) is 4.39 Å². The van der Waals surface area contributed by atoms with E-state index >= 15 is 0 Å². The van der Waals surface area contributed by atoms with Crippen molar-refractivity contribution in [3.8, 4) is 0 Å². The van der Waals surface area contributed by atoms with E-state index in [0.717, 1.165) is 13.1 Å². The predicted molar refractivity (Wildman–Crippen MR) is 78.4 cm³/mol. The van der Waals surface area contributed by atoms with Crippen molar-refractivity contribution < 1.29 is 13.9 Å². The van der Waals surface area contributed by atoms with Gasteiger partial charge in [0.05, 0.1) is 24.8 Å². The number of ether oxygens (including phenoxy) is 2. The molecule has 0 bridgehead atoms. The summed E-state index contributed by atoms with van der Waals surface area (Å²) in [6.07, 6.45) is 0.511. The van der Waals surface area contributed by atoms with Gasteiger partial charge in [0.1, 0.15) is 5.82 Å². The van der Waals surface area contributed by atoms with E-state index in [4.69, 9.17) is 21.1 Å². The maximum atomic E-state index is 13.6. The topological polar surface area (TPSA) is 30.5 Å². The summed E-state index contributed by atoms with van der Waals surface area (Å²) < 4.78 is 24.5. The molecule has 0 aliphatic carbocycles. The van der Waals surface area contributed by atoms with Gasteiger partial charge < -0.3 is 14.8 Å². The van der Waals surface area contributed by atoms with Crippen molar-refractivity contribution in [3.05, 3.63) is 33.0 Å². The standard InChI is InChI=1S/C13H18BrClFNO2/c1-18-6-3-17-4-7-19-5-2-10-8-12(15)11(14)9-13(10)16/h8-9,17H,2-7H2,1H3. The van der Waals surface area contributed by atoms with Crippen molar-refractivity contribution in [1.29, 1.82) is 0 Å². The molecular weight excluding hydrogens is 337 g/mol. The lowest BCUT2D eigenvalue weighted by molar-refractivity contribution is 0.135. The molecule has 0 aromatic heterocycles. The van der Waals surface area contributed by atoms with Gasteiger partial charge in [-0.25, -0.2) is 4.39 Å². The van der Waals surface area contributed by atoms with Gasteiger partial charge in [0, 0.05) is 24.7 Å². The van der Waals surface area contributed by atoms with Crippen molar-refractivity contribution in [3.63, 3.8) is 0 Å². The van der Waals surface area contributed by atoms with Crippen LogP contribution in [0.5, 0.6) is 0 Å². The van der Waals surface area contributed by atoms with E-state index in [9.17, 15) is 4.39 Å². The van der Waals surface area contributed by atoms with E-state index < -0.39 is 0 Å². The van der Waals surface area contributed by atoms with Gasteiger partial charge in [0.15, 0.2) is 0 Å². The molecule has 0 atom stereocenters. The fourth-order valence-corrected chi connectivity index (χ4v) is 1.98. The Bertz CT molecular complexity index is 393. The van der Waals surface area contributed by atoms with Gasteiger partial charge in [-0.15, -0.1) is 0 Å². The summed E-state index contributed by atoms with van der Waals surface area (Å²) >= 11 is 9.10. The predicted octanol–water partition coefficient (Wildman–Crippen LogP) is 3.04. The van der Waals surface area contributed by atoms with E-state index in [2.05, 4.69) is 21.2 Å². The third kappa shape index (κ3) is 6.68. The Kier molecular flexibility index (Phi) is 8.57. The van der Waals surface area contributed by atoms with Crippen LogP contribution in [0.15, 0.2) is 16.6 Å². The van der Waals surface area contributed by atoms with Gasteiger partial charge in [0.2, 0.25) is 0 Å². The molecule has 0 radical (unpaired) electrons. The highest BCUT2D eigenvalue weighted by atomic mass is 79.9. The van der Waals surface area contributed by atoms with Crippen LogP contribution in [0.1, 0.15) is 5.56 Å². The van der Waals surface area contributed by atoms with Gasteiger partial charge in [-0.3, -0.25) is 0 Å². The summed E-state index contributed by atoms with van der Waals surface area (Å²) in [6, 6.07) is 3.01. The lowest BCUT2D eigenvalue weighted by Crippen LogP contribution is -2.23. The van der Waals surface area contributed by atoms with Crippen molar-refractivity contribution in [2.75, 3.05) is 40.0 Å². The first kappa shape index (κ1) is 16.9. The maximum Gasteiger partial charge on any atom is 0.127 e. The Labute approximate surface area is 126 Å². The molecule has 108 valence electrons. The van der Waals surface area contributed by atoms with Crippen molar-refractivity contribution in [2.24, 2.45) is 0 Å². The Morgan fingerprint density at radius 2 is 2.00 bits per heavy atom. The van der Waals surface area contributed by atoms with Gasteiger partial charge in [0.25, 0.3) is 0 Å². The molecule has 1 aromatic rings. The normalized spacial score (nSPS) is 10.9. The summed E-state index contributed by atoms with van der Waals surface area (Å²) in [6.45, 7) is 3.31. The summed E-state index contributed by atoms with van der Waals surface area (Å²) in [4.78, 5) is 0.